The number of nitrogens with one attached hydrogen (secondary N) is 1. The van der Waals surface area contributed by atoms with E-state index in [4.69, 9.17) is 9.15 Å². The minimum absolute atomic E-state index is 0.0291. The van der Waals surface area contributed by atoms with Crippen LogP contribution in [0.5, 0.6) is 0 Å². The zero-order valence-corrected chi connectivity index (χ0v) is 19.3. The smallest absolute Gasteiger partial charge is 0.407 e. The van der Waals surface area contributed by atoms with Crippen molar-refractivity contribution in [1.82, 2.24) is 10.2 Å². The summed E-state index contributed by atoms with van der Waals surface area (Å²) in [7, 11) is 0. The van der Waals surface area contributed by atoms with E-state index in [2.05, 4.69) is 29.6 Å². The van der Waals surface area contributed by atoms with Crippen LogP contribution in [0.1, 0.15) is 46.7 Å². The van der Waals surface area contributed by atoms with Crippen molar-refractivity contribution in [2.45, 2.75) is 25.8 Å². The first-order valence-corrected chi connectivity index (χ1v) is 11.6. The Morgan fingerprint density at radius 2 is 1.66 bits per heavy atom. The molecule has 0 unspecified atom stereocenters. The number of alkyl carbamates (subject to hydrolysis) is 1. The molecule has 2 N–H and O–H groups in total. The summed E-state index contributed by atoms with van der Waals surface area (Å²) < 4.78 is 11.1. The summed E-state index contributed by atoms with van der Waals surface area (Å²) >= 11 is 0. The highest BCUT2D eigenvalue weighted by Crippen LogP contribution is 2.44. The highest BCUT2D eigenvalue weighted by molar-refractivity contribution is 5.94. The van der Waals surface area contributed by atoms with Gasteiger partial charge in [0.05, 0.1) is 6.54 Å². The quantitative estimate of drug-likeness (QED) is 0.530. The predicted octanol–water partition coefficient (Wildman–Crippen LogP) is 4.26. The van der Waals surface area contributed by atoms with Crippen molar-refractivity contribution in [2.75, 3.05) is 19.7 Å². The number of carboxylic acid groups (broad SMARTS) is 1. The van der Waals surface area contributed by atoms with Gasteiger partial charge < -0.3 is 24.5 Å². The number of aliphatic carboxylic acids is 1. The molecule has 1 aliphatic carbocycles. The zero-order chi connectivity index (χ0) is 24.6. The monoisotopic (exact) mass is 474 g/mol. The summed E-state index contributed by atoms with van der Waals surface area (Å²) in [5, 5.41) is 12.0. The number of hydrogen-bond donors (Lipinski definition) is 2. The lowest BCUT2D eigenvalue weighted by Gasteiger charge is -2.46. The summed E-state index contributed by atoms with van der Waals surface area (Å²) in [6.45, 7) is 2.39. The number of furan rings is 1. The molecular weight excluding hydrogens is 448 g/mol. The molecule has 2 aromatic carbocycles. The number of ether oxygens (including phenoxy) is 1. The lowest BCUT2D eigenvalue weighted by molar-refractivity contribution is -0.158. The number of carboxylic acids is 1. The topological polar surface area (TPSA) is 109 Å². The Morgan fingerprint density at radius 3 is 2.26 bits per heavy atom. The van der Waals surface area contributed by atoms with Gasteiger partial charge in [0.15, 0.2) is 5.76 Å². The van der Waals surface area contributed by atoms with E-state index in [-0.39, 0.29) is 43.8 Å². The first-order chi connectivity index (χ1) is 16.9. The maximum atomic E-state index is 12.6. The maximum Gasteiger partial charge on any atom is 0.407 e. The Bertz CT molecular complexity index is 1240. The van der Waals surface area contributed by atoms with Gasteiger partial charge in [-0.3, -0.25) is 9.59 Å². The van der Waals surface area contributed by atoms with Crippen LogP contribution in [-0.2, 0) is 16.1 Å². The number of carbonyl (C=O) groups is 3. The van der Waals surface area contributed by atoms with Crippen molar-refractivity contribution in [3.63, 3.8) is 0 Å². The molecule has 0 atom stereocenters. The minimum atomic E-state index is -0.892. The van der Waals surface area contributed by atoms with E-state index < -0.39 is 17.5 Å². The van der Waals surface area contributed by atoms with E-state index in [1.807, 2.05) is 24.3 Å². The Hall–Kier alpha value is -4.07. The number of rotatable bonds is 7. The van der Waals surface area contributed by atoms with Crippen molar-refractivity contribution >= 4 is 18.0 Å². The Kier molecular flexibility index (Phi) is 5.80. The number of hydrogen-bond acceptors (Lipinski definition) is 5. The second-order valence-corrected chi connectivity index (χ2v) is 9.05. The lowest BCUT2D eigenvalue weighted by atomic mass is 9.77. The van der Waals surface area contributed by atoms with Crippen molar-refractivity contribution in [1.29, 1.82) is 0 Å². The van der Waals surface area contributed by atoms with Gasteiger partial charge in [0, 0.05) is 19.0 Å². The van der Waals surface area contributed by atoms with Gasteiger partial charge in [-0.15, -0.1) is 0 Å². The molecule has 2 aliphatic rings. The van der Waals surface area contributed by atoms with Gasteiger partial charge in [-0.1, -0.05) is 55.5 Å². The second-order valence-electron chi connectivity index (χ2n) is 9.05. The van der Waals surface area contributed by atoms with Crippen molar-refractivity contribution in [2.24, 2.45) is 5.41 Å². The summed E-state index contributed by atoms with van der Waals surface area (Å²) in [6.07, 6.45) is -0.118. The van der Waals surface area contributed by atoms with Crippen molar-refractivity contribution < 1.29 is 28.6 Å². The molecule has 0 bridgehead atoms. The molecule has 180 valence electrons. The highest BCUT2D eigenvalue weighted by atomic mass is 16.5. The summed E-state index contributed by atoms with van der Waals surface area (Å²) in [5.41, 5.74) is 3.71. The van der Waals surface area contributed by atoms with Crippen LogP contribution >= 0.6 is 0 Å². The van der Waals surface area contributed by atoms with Crippen LogP contribution in [0.25, 0.3) is 11.1 Å². The molecule has 2 heterocycles. The molecule has 1 aromatic heterocycles. The number of carbonyl (C=O) groups excluding carboxylic acids is 2. The Morgan fingerprint density at radius 1 is 1.03 bits per heavy atom. The fraction of sp³-hybridized carbons (Fsp3) is 0.296. The first-order valence-electron chi connectivity index (χ1n) is 11.6. The fourth-order valence-corrected chi connectivity index (χ4v) is 4.89. The molecule has 0 saturated carbocycles. The first kappa shape index (κ1) is 22.7. The van der Waals surface area contributed by atoms with Gasteiger partial charge in [0.25, 0.3) is 5.91 Å². The molecule has 3 aromatic rings. The van der Waals surface area contributed by atoms with E-state index in [9.17, 15) is 19.5 Å². The standard InChI is InChI=1S/C27H26N2O6/c1-2-27(25(31)32)15-29(16-27)24(30)23-12-11-17(35-23)13-28-26(33)34-14-22-20-9-5-3-7-18(20)19-8-4-6-10-21(19)22/h3-12,22H,2,13-16H2,1H3,(H,28,33)(H,31,32). The third-order valence-corrected chi connectivity index (χ3v) is 7.03. The van der Waals surface area contributed by atoms with E-state index in [1.54, 1.807) is 13.0 Å². The average molecular weight is 475 g/mol. The van der Waals surface area contributed by atoms with Gasteiger partial charge >= 0.3 is 12.1 Å². The van der Waals surface area contributed by atoms with Crippen LogP contribution in [0.4, 0.5) is 4.79 Å². The Balaban J connectivity index is 1.14. The van der Waals surface area contributed by atoms with Gasteiger partial charge in [-0.05, 0) is 40.8 Å². The molecule has 0 spiro atoms. The van der Waals surface area contributed by atoms with Gasteiger partial charge in [0.1, 0.15) is 17.8 Å². The molecule has 1 aliphatic heterocycles. The van der Waals surface area contributed by atoms with Crippen molar-refractivity contribution in [3.8, 4) is 11.1 Å². The summed E-state index contributed by atoms with van der Waals surface area (Å²) in [5.74, 6) is -0.760. The van der Waals surface area contributed by atoms with Crippen LogP contribution in [0.2, 0.25) is 0 Å². The molecule has 1 saturated heterocycles. The molecule has 2 amide bonds. The number of likely N-dealkylation sites (tertiary alicyclic amines) is 1. The van der Waals surface area contributed by atoms with Crippen LogP contribution in [0.15, 0.2) is 65.1 Å². The lowest BCUT2D eigenvalue weighted by Crippen LogP contribution is -2.61. The van der Waals surface area contributed by atoms with Gasteiger partial charge in [0.2, 0.25) is 0 Å². The maximum absolute atomic E-state index is 12.6. The molecule has 8 heteroatoms. The van der Waals surface area contributed by atoms with Crippen LogP contribution in [0, 0.1) is 5.41 Å². The number of benzene rings is 2. The third kappa shape index (κ3) is 4.05. The van der Waals surface area contributed by atoms with E-state index >= 15 is 0 Å². The Labute approximate surface area is 202 Å². The largest absolute Gasteiger partial charge is 0.481 e. The van der Waals surface area contributed by atoms with Gasteiger partial charge in [-0.2, -0.15) is 0 Å². The summed E-state index contributed by atoms with van der Waals surface area (Å²) in [6, 6.07) is 19.4. The molecule has 1 fully saturated rings. The number of nitrogens with zero attached hydrogens (tertiary/aromatic N) is 1. The molecule has 35 heavy (non-hydrogen) atoms. The molecule has 5 rings (SSSR count). The highest BCUT2D eigenvalue weighted by Gasteiger charge is 2.50. The second kappa shape index (κ2) is 8.94. The molecule has 0 radical (unpaired) electrons. The zero-order valence-electron chi connectivity index (χ0n) is 19.3. The normalized spacial score (nSPS) is 15.6. The fourth-order valence-electron chi connectivity index (χ4n) is 4.89. The van der Waals surface area contributed by atoms with Crippen LogP contribution in [-0.4, -0.2) is 47.7 Å². The van der Waals surface area contributed by atoms with E-state index in [1.165, 1.54) is 11.0 Å². The minimum Gasteiger partial charge on any atom is -0.481 e. The number of amides is 2. The van der Waals surface area contributed by atoms with Gasteiger partial charge in [-0.25, -0.2) is 4.79 Å². The predicted molar refractivity (Wildman–Crippen MR) is 127 cm³/mol. The van der Waals surface area contributed by atoms with Crippen LogP contribution in [0.3, 0.4) is 0 Å². The number of fused-ring (bicyclic) bond motifs is 3. The third-order valence-electron chi connectivity index (χ3n) is 7.03. The van der Waals surface area contributed by atoms with E-state index in [0.717, 1.165) is 22.3 Å². The van der Waals surface area contributed by atoms with E-state index in [0.29, 0.717) is 12.2 Å². The molecule has 8 nitrogen and oxygen atoms in total. The van der Waals surface area contributed by atoms with Crippen molar-refractivity contribution in [3.05, 3.63) is 83.3 Å². The molecular formula is C27H26N2O6. The van der Waals surface area contributed by atoms with Crippen LogP contribution < -0.4 is 5.32 Å². The summed E-state index contributed by atoms with van der Waals surface area (Å²) in [4.78, 5) is 37.8. The average Bonchev–Trinajstić information content (AvgIpc) is 3.44. The SMILES string of the molecule is CCC1(C(=O)O)CN(C(=O)c2ccc(CNC(=O)OCC3c4ccccc4-c4ccccc43)o2)C1.